The Bertz CT molecular complexity index is 1210. The molecule has 156 valence electrons. The van der Waals surface area contributed by atoms with Gasteiger partial charge in [0, 0.05) is 50.5 Å². The van der Waals surface area contributed by atoms with E-state index in [1.54, 1.807) is 18.7 Å². The number of carbonyl (C=O) groups excluding carboxylic acids is 1. The SMILES string of the molecule is Cc1cccc(N2CCN(C(=O)c3cnc4c(c3)ncn4Cc3cccnc3)CC2)c1. The number of pyridine rings is 2. The minimum atomic E-state index is 0.0140. The highest BCUT2D eigenvalue weighted by Gasteiger charge is 2.23. The van der Waals surface area contributed by atoms with Crippen LogP contribution in [0.15, 0.2) is 67.4 Å². The van der Waals surface area contributed by atoms with E-state index in [1.165, 1.54) is 11.3 Å². The van der Waals surface area contributed by atoms with Crippen LogP contribution in [0.3, 0.4) is 0 Å². The van der Waals surface area contributed by atoms with Crippen molar-refractivity contribution in [2.45, 2.75) is 13.5 Å². The standard InChI is InChI=1S/C24H24N6O/c1-18-4-2-6-21(12-18)28-8-10-29(11-9-28)24(31)20-13-22-23(26-15-20)30(17-27-22)16-19-5-3-7-25-14-19/h2-7,12-15,17H,8-11,16H2,1H3. The van der Waals surface area contributed by atoms with Crippen molar-refractivity contribution in [3.63, 3.8) is 0 Å². The molecule has 0 spiro atoms. The molecule has 0 aliphatic carbocycles. The Hall–Kier alpha value is -3.74. The summed E-state index contributed by atoms with van der Waals surface area (Å²) in [5, 5.41) is 0. The van der Waals surface area contributed by atoms with Gasteiger partial charge < -0.3 is 14.4 Å². The van der Waals surface area contributed by atoms with Gasteiger partial charge in [0.15, 0.2) is 5.65 Å². The van der Waals surface area contributed by atoms with Gasteiger partial charge in [0.05, 0.1) is 18.4 Å². The molecule has 1 saturated heterocycles. The Kier molecular flexibility index (Phi) is 5.08. The fraction of sp³-hybridized carbons (Fsp3) is 0.250. The number of aromatic nitrogens is 4. The molecule has 1 aliphatic heterocycles. The lowest BCUT2D eigenvalue weighted by atomic mass is 10.1. The highest BCUT2D eigenvalue weighted by molar-refractivity contribution is 5.96. The lowest BCUT2D eigenvalue weighted by Crippen LogP contribution is -2.48. The van der Waals surface area contributed by atoms with Gasteiger partial charge in [0.25, 0.3) is 5.91 Å². The van der Waals surface area contributed by atoms with E-state index < -0.39 is 0 Å². The van der Waals surface area contributed by atoms with Gasteiger partial charge in [-0.05, 0) is 42.3 Å². The third-order valence-corrected chi connectivity index (χ3v) is 5.71. The molecule has 7 nitrogen and oxygen atoms in total. The molecular formula is C24H24N6O. The smallest absolute Gasteiger partial charge is 0.255 e. The van der Waals surface area contributed by atoms with Crippen molar-refractivity contribution in [3.05, 3.63) is 84.1 Å². The van der Waals surface area contributed by atoms with Crippen molar-refractivity contribution in [1.82, 2.24) is 24.4 Å². The van der Waals surface area contributed by atoms with Crippen molar-refractivity contribution in [2.24, 2.45) is 0 Å². The Labute approximate surface area is 181 Å². The third-order valence-electron chi connectivity index (χ3n) is 5.71. The molecule has 1 amide bonds. The minimum Gasteiger partial charge on any atom is -0.368 e. The van der Waals surface area contributed by atoms with Crippen LogP contribution in [-0.2, 0) is 6.54 Å². The maximum atomic E-state index is 13.1. The zero-order valence-corrected chi connectivity index (χ0v) is 17.5. The van der Waals surface area contributed by atoms with Crippen LogP contribution in [0.2, 0.25) is 0 Å². The molecule has 0 saturated carbocycles. The van der Waals surface area contributed by atoms with Gasteiger partial charge in [-0.2, -0.15) is 0 Å². The zero-order chi connectivity index (χ0) is 21.2. The lowest BCUT2D eigenvalue weighted by molar-refractivity contribution is 0.0746. The normalized spacial score (nSPS) is 14.2. The van der Waals surface area contributed by atoms with Gasteiger partial charge in [-0.1, -0.05) is 18.2 Å². The number of rotatable bonds is 4. The number of amides is 1. The van der Waals surface area contributed by atoms with Crippen molar-refractivity contribution in [1.29, 1.82) is 0 Å². The van der Waals surface area contributed by atoms with Crippen molar-refractivity contribution in [2.75, 3.05) is 31.1 Å². The Balaban J connectivity index is 1.28. The van der Waals surface area contributed by atoms with Gasteiger partial charge in [0.1, 0.15) is 5.52 Å². The van der Waals surface area contributed by atoms with Crippen LogP contribution < -0.4 is 4.90 Å². The van der Waals surface area contributed by atoms with Crippen LogP contribution in [0, 0.1) is 6.92 Å². The molecule has 4 aromatic rings. The number of fused-ring (bicyclic) bond motifs is 1. The number of aryl methyl sites for hydroxylation is 1. The van der Waals surface area contributed by atoms with Crippen LogP contribution in [0.25, 0.3) is 11.2 Å². The van der Waals surface area contributed by atoms with E-state index in [9.17, 15) is 4.79 Å². The van der Waals surface area contributed by atoms with Gasteiger partial charge in [-0.25, -0.2) is 9.97 Å². The molecule has 0 radical (unpaired) electrons. The number of piperazine rings is 1. The molecule has 31 heavy (non-hydrogen) atoms. The quantitative estimate of drug-likeness (QED) is 0.515. The highest BCUT2D eigenvalue weighted by Crippen LogP contribution is 2.20. The van der Waals surface area contributed by atoms with Gasteiger partial charge in [0.2, 0.25) is 0 Å². The predicted molar refractivity (Wildman–Crippen MR) is 120 cm³/mol. The van der Waals surface area contributed by atoms with E-state index in [0.717, 1.165) is 29.8 Å². The Morgan fingerprint density at radius 2 is 1.87 bits per heavy atom. The zero-order valence-electron chi connectivity index (χ0n) is 17.5. The monoisotopic (exact) mass is 412 g/mol. The molecule has 1 aliphatic rings. The first-order chi connectivity index (χ1) is 15.2. The second kappa shape index (κ2) is 8.18. The van der Waals surface area contributed by atoms with E-state index in [2.05, 4.69) is 51.0 Å². The van der Waals surface area contributed by atoms with E-state index in [4.69, 9.17) is 0 Å². The largest absolute Gasteiger partial charge is 0.368 e. The summed E-state index contributed by atoms with van der Waals surface area (Å²) in [5.41, 5.74) is 5.63. The van der Waals surface area contributed by atoms with Gasteiger partial charge in [-0.15, -0.1) is 0 Å². The summed E-state index contributed by atoms with van der Waals surface area (Å²) in [6.07, 6.45) is 7.02. The molecule has 0 unspecified atom stereocenters. The molecule has 1 fully saturated rings. The summed E-state index contributed by atoms with van der Waals surface area (Å²) in [6.45, 7) is 5.78. The van der Waals surface area contributed by atoms with Gasteiger partial charge >= 0.3 is 0 Å². The number of anilines is 1. The van der Waals surface area contributed by atoms with Crippen LogP contribution in [0.1, 0.15) is 21.5 Å². The summed E-state index contributed by atoms with van der Waals surface area (Å²) in [7, 11) is 0. The predicted octanol–water partition coefficient (Wildman–Crippen LogP) is 3.15. The molecule has 0 bridgehead atoms. The molecule has 0 N–H and O–H groups in total. The summed E-state index contributed by atoms with van der Waals surface area (Å²) < 4.78 is 1.97. The third kappa shape index (κ3) is 3.99. The first-order valence-electron chi connectivity index (χ1n) is 10.5. The molecule has 3 aromatic heterocycles. The molecule has 0 atom stereocenters. The summed E-state index contributed by atoms with van der Waals surface area (Å²) in [4.78, 5) is 30.5. The number of imidazole rings is 1. The number of carbonyl (C=O) groups is 1. The molecule has 1 aromatic carbocycles. The van der Waals surface area contributed by atoms with Crippen LogP contribution in [0.4, 0.5) is 5.69 Å². The Morgan fingerprint density at radius 3 is 2.65 bits per heavy atom. The summed E-state index contributed by atoms with van der Waals surface area (Å²) >= 11 is 0. The topological polar surface area (TPSA) is 67.2 Å². The Morgan fingerprint density at radius 1 is 1.00 bits per heavy atom. The second-order valence-electron chi connectivity index (χ2n) is 7.92. The molecule has 4 heterocycles. The fourth-order valence-electron chi connectivity index (χ4n) is 4.04. The molecular weight excluding hydrogens is 388 g/mol. The average Bonchev–Trinajstić information content (AvgIpc) is 3.21. The first kappa shape index (κ1) is 19.2. The number of hydrogen-bond donors (Lipinski definition) is 0. The van der Waals surface area contributed by atoms with Crippen molar-refractivity contribution >= 4 is 22.8 Å². The van der Waals surface area contributed by atoms with Crippen LogP contribution >= 0.6 is 0 Å². The first-order valence-corrected chi connectivity index (χ1v) is 10.5. The van der Waals surface area contributed by atoms with Crippen molar-refractivity contribution in [3.8, 4) is 0 Å². The number of nitrogens with zero attached hydrogens (tertiary/aromatic N) is 6. The van der Waals surface area contributed by atoms with Crippen LogP contribution in [0.5, 0.6) is 0 Å². The number of benzene rings is 1. The van der Waals surface area contributed by atoms with Gasteiger partial charge in [-0.3, -0.25) is 9.78 Å². The average molecular weight is 412 g/mol. The van der Waals surface area contributed by atoms with E-state index >= 15 is 0 Å². The van der Waals surface area contributed by atoms with E-state index in [1.807, 2.05) is 33.9 Å². The lowest BCUT2D eigenvalue weighted by Gasteiger charge is -2.36. The van der Waals surface area contributed by atoms with E-state index in [-0.39, 0.29) is 5.91 Å². The maximum absolute atomic E-state index is 13.1. The number of hydrogen-bond acceptors (Lipinski definition) is 5. The van der Waals surface area contributed by atoms with E-state index in [0.29, 0.717) is 25.2 Å². The minimum absolute atomic E-state index is 0.0140. The van der Waals surface area contributed by atoms with Crippen LogP contribution in [-0.4, -0.2) is 56.5 Å². The fourth-order valence-corrected chi connectivity index (χ4v) is 4.04. The second-order valence-corrected chi connectivity index (χ2v) is 7.92. The van der Waals surface area contributed by atoms with Crippen molar-refractivity contribution < 1.29 is 4.79 Å². The summed E-state index contributed by atoms with van der Waals surface area (Å²) in [5.74, 6) is 0.0140. The molecule has 7 heteroatoms. The summed E-state index contributed by atoms with van der Waals surface area (Å²) in [6, 6.07) is 14.3. The maximum Gasteiger partial charge on any atom is 0.255 e. The molecule has 5 rings (SSSR count). The highest BCUT2D eigenvalue weighted by atomic mass is 16.2.